The number of nitrogens with zero attached hydrogens (tertiary/aromatic N) is 1. The molecule has 6 heteroatoms. The van der Waals surface area contributed by atoms with Crippen LogP contribution in [0.2, 0.25) is 0 Å². The van der Waals surface area contributed by atoms with Crippen molar-refractivity contribution in [2.24, 2.45) is 5.92 Å². The summed E-state index contributed by atoms with van der Waals surface area (Å²) < 4.78 is 13.0. The maximum Gasteiger partial charge on any atom is 0.245 e. The Bertz CT molecular complexity index is 559. The molecule has 1 aliphatic heterocycles. The van der Waals surface area contributed by atoms with Gasteiger partial charge in [-0.3, -0.25) is 9.59 Å². The van der Waals surface area contributed by atoms with Crippen LogP contribution in [0.15, 0.2) is 24.3 Å². The molecule has 0 radical (unpaired) electrons. The highest BCUT2D eigenvalue weighted by molar-refractivity contribution is 5.90. The lowest BCUT2D eigenvalue weighted by Gasteiger charge is -2.29. The first-order valence-electron chi connectivity index (χ1n) is 7.88. The van der Waals surface area contributed by atoms with E-state index in [-0.39, 0.29) is 30.1 Å². The normalized spacial score (nSPS) is 18.8. The largest absolute Gasteiger partial charge is 0.387 e. The number of carbonyl (C=O) groups excluding carboxylic acids is 2. The van der Waals surface area contributed by atoms with E-state index >= 15 is 0 Å². The molecule has 1 saturated heterocycles. The van der Waals surface area contributed by atoms with Crippen LogP contribution < -0.4 is 5.32 Å². The van der Waals surface area contributed by atoms with Crippen molar-refractivity contribution in [3.8, 4) is 0 Å². The number of amides is 2. The van der Waals surface area contributed by atoms with E-state index in [9.17, 15) is 19.1 Å². The topological polar surface area (TPSA) is 69.6 Å². The summed E-state index contributed by atoms with van der Waals surface area (Å²) in [5.41, 5.74) is 0.559. The molecule has 0 saturated carbocycles. The molecule has 1 heterocycles. The smallest absolute Gasteiger partial charge is 0.245 e. The lowest BCUT2D eigenvalue weighted by molar-refractivity contribution is -0.136. The van der Waals surface area contributed by atoms with Gasteiger partial charge in [0.05, 0.1) is 12.6 Å². The third-order valence-corrected chi connectivity index (χ3v) is 3.84. The average Bonchev–Trinajstić information content (AvgIpc) is 2.92. The zero-order valence-electron chi connectivity index (χ0n) is 13.5. The highest BCUT2D eigenvalue weighted by atomic mass is 19.1. The van der Waals surface area contributed by atoms with Crippen LogP contribution in [0.3, 0.4) is 0 Å². The summed E-state index contributed by atoms with van der Waals surface area (Å²) in [6.45, 7) is 4.58. The predicted octanol–water partition coefficient (Wildman–Crippen LogP) is 1.62. The molecule has 0 aromatic heterocycles. The second-order valence-electron chi connectivity index (χ2n) is 6.36. The molecule has 1 fully saturated rings. The number of nitrogens with one attached hydrogen (secondary N) is 1. The van der Waals surface area contributed by atoms with Crippen LogP contribution in [-0.4, -0.2) is 41.0 Å². The second kappa shape index (κ2) is 7.55. The van der Waals surface area contributed by atoms with Gasteiger partial charge in [-0.1, -0.05) is 26.0 Å². The fourth-order valence-electron chi connectivity index (χ4n) is 2.71. The summed E-state index contributed by atoms with van der Waals surface area (Å²) in [4.78, 5) is 25.5. The van der Waals surface area contributed by atoms with Crippen molar-refractivity contribution in [3.05, 3.63) is 35.6 Å². The molecule has 1 aliphatic rings. The van der Waals surface area contributed by atoms with E-state index < -0.39 is 12.1 Å². The number of aliphatic hydroxyl groups is 1. The molecule has 1 aromatic carbocycles. The minimum atomic E-state index is -0.893. The maximum atomic E-state index is 13.0. The fraction of sp³-hybridized carbons (Fsp3) is 0.529. The molecule has 2 N–H and O–H groups in total. The highest BCUT2D eigenvalue weighted by Crippen LogP contribution is 2.18. The number of hydrogen-bond donors (Lipinski definition) is 2. The van der Waals surface area contributed by atoms with Crippen LogP contribution in [0, 0.1) is 11.7 Å². The van der Waals surface area contributed by atoms with Crippen molar-refractivity contribution in [1.29, 1.82) is 0 Å². The van der Waals surface area contributed by atoms with Crippen LogP contribution in [0.5, 0.6) is 0 Å². The van der Waals surface area contributed by atoms with Gasteiger partial charge in [0.25, 0.3) is 0 Å². The number of benzene rings is 1. The summed E-state index contributed by atoms with van der Waals surface area (Å²) in [5.74, 6) is -0.432. The van der Waals surface area contributed by atoms with Crippen molar-refractivity contribution in [2.45, 2.75) is 38.8 Å². The molecule has 0 spiro atoms. The number of hydrogen-bond acceptors (Lipinski definition) is 3. The SMILES string of the molecule is CC(C)CN(C[C@H](O)c1ccc(F)cc1)C(=O)[C@H]1CCC(=O)N1. The third-order valence-electron chi connectivity index (χ3n) is 3.84. The zero-order valence-corrected chi connectivity index (χ0v) is 13.5. The van der Waals surface area contributed by atoms with E-state index in [1.807, 2.05) is 13.8 Å². The molecule has 2 rings (SSSR count). The number of halogens is 1. The summed E-state index contributed by atoms with van der Waals surface area (Å²) in [6.07, 6.45) is -0.0545. The van der Waals surface area contributed by atoms with E-state index in [2.05, 4.69) is 5.32 Å². The maximum absolute atomic E-state index is 13.0. The molecular weight excluding hydrogens is 299 g/mol. The number of rotatable bonds is 6. The Hall–Kier alpha value is -1.95. The van der Waals surface area contributed by atoms with Crippen molar-refractivity contribution in [1.82, 2.24) is 10.2 Å². The third kappa shape index (κ3) is 4.76. The monoisotopic (exact) mass is 322 g/mol. The molecule has 0 aliphatic carbocycles. The molecular formula is C17H23FN2O3. The summed E-state index contributed by atoms with van der Waals surface area (Å²) in [5, 5.41) is 13.0. The Morgan fingerprint density at radius 3 is 2.52 bits per heavy atom. The van der Waals surface area contributed by atoms with Gasteiger partial charge in [0, 0.05) is 13.0 Å². The standard InChI is InChI=1S/C17H23FN2O3/c1-11(2)9-20(17(23)14-7-8-16(22)19-14)10-15(21)12-3-5-13(18)6-4-12/h3-6,11,14-15,21H,7-10H2,1-2H3,(H,19,22)/t14-,15+/m1/s1. The lowest BCUT2D eigenvalue weighted by atomic mass is 10.1. The predicted molar refractivity (Wildman–Crippen MR) is 83.9 cm³/mol. The molecule has 126 valence electrons. The van der Waals surface area contributed by atoms with E-state index in [1.165, 1.54) is 24.3 Å². The van der Waals surface area contributed by atoms with Crippen LogP contribution in [0.4, 0.5) is 4.39 Å². The van der Waals surface area contributed by atoms with Crippen molar-refractivity contribution in [3.63, 3.8) is 0 Å². The van der Waals surface area contributed by atoms with Crippen LogP contribution in [0.1, 0.15) is 38.4 Å². The summed E-state index contributed by atoms with van der Waals surface area (Å²) in [7, 11) is 0. The molecule has 2 atom stereocenters. The van der Waals surface area contributed by atoms with Gasteiger partial charge in [-0.25, -0.2) is 4.39 Å². The van der Waals surface area contributed by atoms with Gasteiger partial charge in [-0.15, -0.1) is 0 Å². The Morgan fingerprint density at radius 1 is 1.35 bits per heavy atom. The zero-order chi connectivity index (χ0) is 17.0. The molecule has 5 nitrogen and oxygen atoms in total. The first-order chi connectivity index (χ1) is 10.9. The van der Waals surface area contributed by atoms with Crippen LogP contribution >= 0.6 is 0 Å². The first-order valence-corrected chi connectivity index (χ1v) is 7.88. The van der Waals surface area contributed by atoms with Gasteiger partial charge in [0.2, 0.25) is 11.8 Å². The highest BCUT2D eigenvalue weighted by Gasteiger charge is 2.31. The Morgan fingerprint density at radius 2 is 2.00 bits per heavy atom. The van der Waals surface area contributed by atoms with Gasteiger partial charge >= 0.3 is 0 Å². The van der Waals surface area contributed by atoms with Crippen molar-refractivity contribution in [2.75, 3.05) is 13.1 Å². The van der Waals surface area contributed by atoms with Gasteiger partial charge in [-0.05, 0) is 30.0 Å². The summed E-state index contributed by atoms with van der Waals surface area (Å²) in [6, 6.07) is 5.07. The molecule has 1 aromatic rings. The van der Waals surface area contributed by atoms with Crippen molar-refractivity contribution >= 4 is 11.8 Å². The van der Waals surface area contributed by atoms with Crippen LogP contribution in [-0.2, 0) is 9.59 Å². The van der Waals surface area contributed by atoms with Crippen molar-refractivity contribution < 1.29 is 19.1 Å². The second-order valence-corrected chi connectivity index (χ2v) is 6.36. The van der Waals surface area contributed by atoms with E-state index in [4.69, 9.17) is 0 Å². The van der Waals surface area contributed by atoms with E-state index in [0.29, 0.717) is 24.9 Å². The van der Waals surface area contributed by atoms with Crippen LogP contribution in [0.25, 0.3) is 0 Å². The minimum absolute atomic E-state index is 0.119. The number of aliphatic hydroxyl groups excluding tert-OH is 1. The van der Waals surface area contributed by atoms with Gasteiger partial charge in [-0.2, -0.15) is 0 Å². The van der Waals surface area contributed by atoms with E-state index in [0.717, 1.165) is 0 Å². The molecule has 23 heavy (non-hydrogen) atoms. The van der Waals surface area contributed by atoms with Gasteiger partial charge < -0.3 is 15.3 Å². The average molecular weight is 322 g/mol. The minimum Gasteiger partial charge on any atom is -0.387 e. The van der Waals surface area contributed by atoms with E-state index in [1.54, 1.807) is 4.90 Å². The van der Waals surface area contributed by atoms with Gasteiger partial charge in [0.1, 0.15) is 11.9 Å². The molecule has 0 bridgehead atoms. The first kappa shape index (κ1) is 17.4. The fourth-order valence-corrected chi connectivity index (χ4v) is 2.71. The Balaban J connectivity index is 2.06. The Kier molecular flexibility index (Phi) is 5.71. The Labute approximate surface area is 135 Å². The quantitative estimate of drug-likeness (QED) is 0.836. The molecule has 2 amide bonds. The lowest BCUT2D eigenvalue weighted by Crippen LogP contribution is -2.47. The molecule has 0 unspecified atom stereocenters. The number of carbonyl (C=O) groups is 2. The van der Waals surface area contributed by atoms with Gasteiger partial charge in [0.15, 0.2) is 0 Å². The summed E-state index contributed by atoms with van der Waals surface area (Å²) >= 11 is 0.